The van der Waals surface area contributed by atoms with Crippen LogP contribution < -0.4 is 4.72 Å². The third-order valence-corrected chi connectivity index (χ3v) is 3.90. The maximum Gasteiger partial charge on any atom is 0.240 e. The molecular formula is C10H11ClN2O3S. The summed E-state index contributed by atoms with van der Waals surface area (Å²) in [6.07, 6.45) is 0. The molecule has 1 aromatic rings. The van der Waals surface area contributed by atoms with E-state index in [0.717, 1.165) is 0 Å². The SMILES string of the molecule is C[C@@H](CO)NS(=O)(=O)c1ccc(C#N)c(Cl)c1. The molecule has 0 saturated heterocycles. The molecule has 0 aliphatic rings. The van der Waals surface area contributed by atoms with Crippen LogP contribution in [0.25, 0.3) is 0 Å². The van der Waals surface area contributed by atoms with Crippen LogP contribution in [0.2, 0.25) is 5.02 Å². The average molecular weight is 275 g/mol. The normalized spacial score (nSPS) is 13.1. The van der Waals surface area contributed by atoms with Gasteiger partial charge < -0.3 is 5.11 Å². The minimum absolute atomic E-state index is 0.0400. The van der Waals surface area contributed by atoms with Crippen molar-refractivity contribution in [2.75, 3.05) is 6.61 Å². The Morgan fingerprint density at radius 1 is 1.59 bits per heavy atom. The Hall–Kier alpha value is -1.13. The first-order chi connectivity index (χ1) is 7.90. The third kappa shape index (κ3) is 3.41. The lowest BCUT2D eigenvalue weighted by Gasteiger charge is -2.11. The van der Waals surface area contributed by atoms with Crippen molar-refractivity contribution in [3.05, 3.63) is 28.8 Å². The summed E-state index contributed by atoms with van der Waals surface area (Å²) in [5.74, 6) is 0. The van der Waals surface area contributed by atoms with E-state index in [1.54, 1.807) is 0 Å². The smallest absolute Gasteiger partial charge is 0.240 e. The quantitative estimate of drug-likeness (QED) is 0.852. The molecule has 0 unspecified atom stereocenters. The monoisotopic (exact) mass is 274 g/mol. The Balaban J connectivity index is 3.09. The molecule has 0 fully saturated rings. The van der Waals surface area contributed by atoms with Gasteiger partial charge in [0.2, 0.25) is 10.0 Å². The van der Waals surface area contributed by atoms with Crippen LogP contribution in [0, 0.1) is 11.3 Å². The average Bonchev–Trinajstić information content (AvgIpc) is 2.28. The van der Waals surface area contributed by atoms with Crippen LogP contribution in [0.15, 0.2) is 23.1 Å². The summed E-state index contributed by atoms with van der Waals surface area (Å²) in [4.78, 5) is -0.0400. The van der Waals surface area contributed by atoms with Crippen molar-refractivity contribution < 1.29 is 13.5 Å². The van der Waals surface area contributed by atoms with Gasteiger partial charge in [0, 0.05) is 6.04 Å². The van der Waals surface area contributed by atoms with Crippen LogP contribution in [0.4, 0.5) is 0 Å². The molecule has 5 nitrogen and oxygen atoms in total. The van der Waals surface area contributed by atoms with E-state index in [2.05, 4.69) is 4.72 Å². The zero-order valence-electron chi connectivity index (χ0n) is 9.01. The molecule has 0 radical (unpaired) electrons. The molecule has 7 heteroatoms. The summed E-state index contributed by atoms with van der Waals surface area (Å²) >= 11 is 5.74. The van der Waals surface area contributed by atoms with Crippen molar-refractivity contribution in [1.29, 1.82) is 5.26 Å². The van der Waals surface area contributed by atoms with Gasteiger partial charge in [-0.2, -0.15) is 5.26 Å². The van der Waals surface area contributed by atoms with E-state index in [9.17, 15) is 8.42 Å². The van der Waals surface area contributed by atoms with E-state index < -0.39 is 16.1 Å². The van der Waals surface area contributed by atoms with Gasteiger partial charge in [-0.3, -0.25) is 0 Å². The molecule has 0 spiro atoms. The number of halogens is 1. The molecule has 0 aliphatic carbocycles. The van der Waals surface area contributed by atoms with Crippen molar-refractivity contribution in [2.24, 2.45) is 0 Å². The van der Waals surface area contributed by atoms with Crippen molar-refractivity contribution in [3.8, 4) is 6.07 Å². The molecule has 0 amide bonds. The summed E-state index contributed by atoms with van der Waals surface area (Å²) < 4.78 is 25.8. The second kappa shape index (κ2) is 5.47. The van der Waals surface area contributed by atoms with Crippen molar-refractivity contribution in [3.63, 3.8) is 0 Å². The van der Waals surface area contributed by atoms with Gasteiger partial charge in [0.05, 0.1) is 22.1 Å². The fraction of sp³-hybridized carbons (Fsp3) is 0.300. The number of rotatable bonds is 4. The molecule has 0 saturated carbocycles. The van der Waals surface area contributed by atoms with Gasteiger partial charge in [-0.25, -0.2) is 13.1 Å². The minimum Gasteiger partial charge on any atom is -0.395 e. The van der Waals surface area contributed by atoms with Gasteiger partial charge in [0.15, 0.2) is 0 Å². The summed E-state index contributed by atoms with van der Waals surface area (Å²) in [7, 11) is -3.72. The number of hydrogen-bond donors (Lipinski definition) is 2. The van der Waals surface area contributed by atoms with Gasteiger partial charge in [-0.1, -0.05) is 11.6 Å². The van der Waals surface area contributed by atoms with Crippen LogP contribution >= 0.6 is 11.6 Å². The topological polar surface area (TPSA) is 90.2 Å². The van der Waals surface area contributed by atoms with E-state index in [1.807, 2.05) is 6.07 Å². The highest BCUT2D eigenvalue weighted by Gasteiger charge is 2.17. The Kier molecular flexibility index (Phi) is 4.48. The van der Waals surface area contributed by atoms with Crippen LogP contribution in [-0.2, 0) is 10.0 Å². The van der Waals surface area contributed by atoms with Crippen LogP contribution in [0.3, 0.4) is 0 Å². The highest BCUT2D eigenvalue weighted by molar-refractivity contribution is 7.89. The molecule has 1 aromatic carbocycles. The van der Waals surface area contributed by atoms with Crippen molar-refractivity contribution >= 4 is 21.6 Å². The molecule has 1 atom stereocenters. The van der Waals surface area contributed by atoms with Gasteiger partial charge in [0.25, 0.3) is 0 Å². The van der Waals surface area contributed by atoms with E-state index >= 15 is 0 Å². The number of sulfonamides is 1. The summed E-state index contributed by atoms with van der Waals surface area (Å²) in [5, 5.41) is 17.5. The highest BCUT2D eigenvalue weighted by atomic mass is 35.5. The van der Waals surface area contributed by atoms with Gasteiger partial charge >= 0.3 is 0 Å². The second-order valence-corrected chi connectivity index (χ2v) is 5.58. The van der Waals surface area contributed by atoms with Gasteiger partial charge in [-0.05, 0) is 25.1 Å². The summed E-state index contributed by atoms with van der Waals surface area (Å²) in [5.41, 5.74) is 0.209. The van der Waals surface area contributed by atoms with E-state index in [-0.39, 0.29) is 22.1 Å². The fourth-order valence-electron chi connectivity index (χ4n) is 1.12. The van der Waals surface area contributed by atoms with Crippen LogP contribution in [0.5, 0.6) is 0 Å². The van der Waals surface area contributed by atoms with Crippen molar-refractivity contribution in [2.45, 2.75) is 17.9 Å². The van der Waals surface area contributed by atoms with E-state index in [1.165, 1.54) is 25.1 Å². The number of aliphatic hydroxyl groups is 1. The molecule has 92 valence electrons. The lowest BCUT2D eigenvalue weighted by Crippen LogP contribution is -2.34. The molecular weight excluding hydrogens is 264 g/mol. The van der Waals surface area contributed by atoms with Gasteiger partial charge in [0.1, 0.15) is 6.07 Å². The third-order valence-electron chi connectivity index (χ3n) is 2.00. The zero-order valence-corrected chi connectivity index (χ0v) is 10.6. The largest absolute Gasteiger partial charge is 0.395 e. The highest BCUT2D eigenvalue weighted by Crippen LogP contribution is 2.20. The lowest BCUT2D eigenvalue weighted by molar-refractivity contribution is 0.265. The van der Waals surface area contributed by atoms with Gasteiger partial charge in [-0.15, -0.1) is 0 Å². The molecule has 0 aliphatic heterocycles. The molecule has 0 bridgehead atoms. The molecule has 17 heavy (non-hydrogen) atoms. The summed E-state index contributed by atoms with van der Waals surface area (Å²) in [6.45, 7) is 1.23. The predicted molar refractivity (Wildman–Crippen MR) is 63.0 cm³/mol. The van der Waals surface area contributed by atoms with Crippen LogP contribution in [0.1, 0.15) is 12.5 Å². The Labute approximate surface area is 105 Å². The maximum absolute atomic E-state index is 11.8. The standard InChI is InChI=1S/C10H11ClN2O3S/c1-7(6-14)13-17(15,16)9-3-2-8(5-12)10(11)4-9/h2-4,7,13-14H,6H2,1H3/t7-/m0/s1. The first-order valence-corrected chi connectivity index (χ1v) is 6.59. The minimum atomic E-state index is -3.72. The Morgan fingerprint density at radius 2 is 2.24 bits per heavy atom. The molecule has 0 heterocycles. The number of nitriles is 1. The number of nitrogens with zero attached hydrogens (tertiary/aromatic N) is 1. The lowest BCUT2D eigenvalue weighted by atomic mass is 10.2. The van der Waals surface area contributed by atoms with Crippen LogP contribution in [-0.4, -0.2) is 26.2 Å². The second-order valence-electron chi connectivity index (χ2n) is 3.46. The molecule has 0 aromatic heterocycles. The zero-order chi connectivity index (χ0) is 13.1. The summed E-state index contributed by atoms with van der Waals surface area (Å²) in [6, 6.07) is 5.07. The van der Waals surface area contributed by atoms with E-state index in [4.69, 9.17) is 22.0 Å². The molecule has 2 N–H and O–H groups in total. The van der Waals surface area contributed by atoms with E-state index in [0.29, 0.717) is 0 Å². The number of hydrogen-bond acceptors (Lipinski definition) is 4. The number of aliphatic hydroxyl groups excluding tert-OH is 1. The Morgan fingerprint density at radius 3 is 2.71 bits per heavy atom. The maximum atomic E-state index is 11.8. The number of nitrogens with one attached hydrogen (secondary N) is 1. The fourth-order valence-corrected chi connectivity index (χ4v) is 2.67. The first kappa shape index (κ1) is 13.9. The predicted octanol–water partition coefficient (Wildman–Crippen LogP) is 0.871. The first-order valence-electron chi connectivity index (χ1n) is 4.73. The number of benzene rings is 1. The van der Waals surface area contributed by atoms with Crippen molar-refractivity contribution in [1.82, 2.24) is 4.72 Å². The molecule has 1 rings (SSSR count). The Bertz CT molecular complexity index is 551.